The number of nitrogens with one attached hydrogen (secondary N) is 4. The van der Waals surface area contributed by atoms with Crippen LogP contribution in [0.5, 0.6) is 5.75 Å². The monoisotopic (exact) mass is 741 g/mol. The number of carbonyl (C=O) groups excluding carboxylic acids is 3. The average molecular weight is 742 g/mol. The molecule has 0 saturated carbocycles. The molecule has 12 nitrogen and oxygen atoms in total. The van der Waals surface area contributed by atoms with Gasteiger partial charge in [-0.1, -0.05) is 106 Å². The summed E-state index contributed by atoms with van der Waals surface area (Å²) in [5.74, 6) is -0.439. The number of aryl methyl sites for hydroxylation is 1. The molecule has 0 fully saturated rings. The number of nitrogens with zero attached hydrogens (tertiary/aromatic N) is 3. The number of ether oxygens (including phenoxy) is 2. The molecular formula is C40H48ClN7O5. The molecule has 0 spiro atoms. The summed E-state index contributed by atoms with van der Waals surface area (Å²) in [4.78, 5) is 40.3. The van der Waals surface area contributed by atoms with Crippen LogP contribution >= 0.6 is 11.6 Å². The molecule has 13 heteroatoms. The van der Waals surface area contributed by atoms with Crippen molar-refractivity contribution in [1.29, 1.82) is 0 Å². The van der Waals surface area contributed by atoms with Gasteiger partial charge in [0, 0.05) is 21.9 Å². The molecule has 1 unspecified atom stereocenters. The predicted octanol–water partition coefficient (Wildman–Crippen LogP) is 6.52. The molecule has 0 aliphatic carbocycles. The van der Waals surface area contributed by atoms with Crippen LogP contribution in [-0.4, -0.2) is 62.3 Å². The highest BCUT2D eigenvalue weighted by Crippen LogP contribution is 2.37. The molecule has 2 heterocycles. The summed E-state index contributed by atoms with van der Waals surface area (Å²) >= 11 is 6.67. The first-order chi connectivity index (χ1) is 25.0. The molecule has 280 valence electrons. The third kappa shape index (κ3) is 9.06. The van der Waals surface area contributed by atoms with Crippen molar-refractivity contribution in [3.05, 3.63) is 112 Å². The summed E-state index contributed by atoms with van der Waals surface area (Å²) in [7, 11) is 0. The maximum absolute atomic E-state index is 13.7. The molecule has 5 aromatic rings. The number of benzene rings is 3. The predicted molar refractivity (Wildman–Crippen MR) is 205 cm³/mol. The SMILES string of the molecule is Cc1cccc(C(=O)NC(COCc2ccccc2)C(=O)Nc2ccccc2OCC(=O)NC(C)(C)C(C)(C)c2nnc3c(Cl)c(C(C)(C)C)[nH]n23)c1. The van der Waals surface area contributed by atoms with Gasteiger partial charge >= 0.3 is 0 Å². The first-order valence-corrected chi connectivity index (χ1v) is 17.8. The molecule has 5 rings (SSSR count). The minimum Gasteiger partial charge on any atom is -0.482 e. The molecule has 3 aromatic carbocycles. The Morgan fingerprint density at radius 3 is 2.30 bits per heavy atom. The lowest BCUT2D eigenvalue weighted by Gasteiger charge is -2.40. The molecule has 0 radical (unpaired) electrons. The highest BCUT2D eigenvalue weighted by Gasteiger charge is 2.44. The smallest absolute Gasteiger partial charge is 0.258 e. The number of carbonyl (C=O) groups is 3. The number of hydrogen-bond donors (Lipinski definition) is 4. The lowest BCUT2D eigenvalue weighted by atomic mass is 9.73. The first-order valence-electron chi connectivity index (χ1n) is 17.4. The Bertz CT molecular complexity index is 2080. The molecule has 53 heavy (non-hydrogen) atoms. The topological polar surface area (TPSA) is 152 Å². The molecule has 0 saturated heterocycles. The molecule has 2 aromatic heterocycles. The number of H-pyrrole nitrogens is 1. The fourth-order valence-electron chi connectivity index (χ4n) is 5.67. The Kier molecular flexibility index (Phi) is 11.6. The van der Waals surface area contributed by atoms with Crippen molar-refractivity contribution >= 4 is 40.7 Å². The van der Waals surface area contributed by atoms with Gasteiger partial charge in [0.1, 0.15) is 16.8 Å². The molecule has 0 aliphatic heterocycles. The molecule has 1 atom stereocenters. The second kappa shape index (κ2) is 15.8. The van der Waals surface area contributed by atoms with Crippen molar-refractivity contribution in [2.75, 3.05) is 18.5 Å². The van der Waals surface area contributed by atoms with E-state index in [-0.39, 0.29) is 36.9 Å². The van der Waals surface area contributed by atoms with E-state index in [1.807, 2.05) is 71.0 Å². The van der Waals surface area contributed by atoms with Crippen molar-refractivity contribution in [3.8, 4) is 5.75 Å². The van der Waals surface area contributed by atoms with Gasteiger partial charge in [-0.15, -0.1) is 10.2 Å². The van der Waals surface area contributed by atoms with Gasteiger partial charge in [0.2, 0.25) is 5.91 Å². The zero-order valence-corrected chi connectivity index (χ0v) is 32.2. The van der Waals surface area contributed by atoms with E-state index in [1.165, 1.54) is 0 Å². The fraction of sp³-hybridized carbons (Fsp3) is 0.375. The van der Waals surface area contributed by atoms with Gasteiger partial charge in [-0.2, -0.15) is 0 Å². The van der Waals surface area contributed by atoms with E-state index >= 15 is 0 Å². The minimum atomic E-state index is -1.04. The van der Waals surface area contributed by atoms with E-state index in [1.54, 1.807) is 47.0 Å². The number of halogens is 1. The van der Waals surface area contributed by atoms with Crippen LogP contribution in [0.25, 0.3) is 5.65 Å². The van der Waals surface area contributed by atoms with Crippen LogP contribution in [-0.2, 0) is 31.8 Å². The lowest BCUT2D eigenvalue weighted by molar-refractivity contribution is -0.125. The van der Waals surface area contributed by atoms with Gasteiger partial charge in [0.25, 0.3) is 11.8 Å². The Labute approximate surface area is 315 Å². The maximum atomic E-state index is 13.7. The second-order valence-corrected chi connectivity index (χ2v) is 15.6. The van der Waals surface area contributed by atoms with Gasteiger partial charge in [-0.05, 0) is 50.6 Å². The number of hydrogen-bond acceptors (Lipinski definition) is 7. The number of anilines is 1. The van der Waals surface area contributed by atoms with Crippen molar-refractivity contribution in [2.24, 2.45) is 0 Å². The molecule has 3 amide bonds. The van der Waals surface area contributed by atoms with Gasteiger partial charge in [0.05, 0.1) is 24.6 Å². The number of rotatable bonds is 14. The molecule has 0 bridgehead atoms. The van der Waals surface area contributed by atoms with E-state index < -0.39 is 28.8 Å². The summed E-state index contributed by atoms with van der Waals surface area (Å²) in [5, 5.41) is 21.4. The number of aromatic nitrogens is 4. The quantitative estimate of drug-likeness (QED) is 0.101. The number of amides is 3. The highest BCUT2D eigenvalue weighted by atomic mass is 35.5. The van der Waals surface area contributed by atoms with Crippen LogP contribution in [0.2, 0.25) is 5.02 Å². The van der Waals surface area contributed by atoms with Crippen LogP contribution in [0, 0.1) is 6.92 Å². The van der Waals surface area contributed by atoms with Gasteiger partial charge in [-0.3, -0.25) is 19.5 Å². The van der Waals surface area contributed by atoms with E-state index in [2.05, 4.69) is 52.0 Å². The van der Waals surface area contributed by atoms with E-state index in [0.717, 1.165) is 16.8 Å². The van der Waals surface area contributed by atoms with E-state index in [0.29, 0.717) is 27.7 Å². The highest BCUT2D eigenvalue weighted by molar-refractivity contribution is 6.34. The number of aromatic amines is 1. The zero-order chi connectivity index (χ0) is 38.6. The van der Waals surface area contributed by atoms with Crippen molar-refractivity contribution in [2.45, 2.75) is 84.4 Å². The number of para-hydroxylation sites is 2. The molecule has 0 aliphatic rings. The van der Waals surface area contributed by atoms with Crippen molar-refractivity contribution < 1.29 is 23.9 Å². The Morgan fingerprint density at radius 2 is 1.60 bits per heavy atom. The summed E-state index contributed by atoms with van der Waals surface area (Å²) in [6, 6.07) is 22.4. The van der Waals surface area contributed by atoms with Crippen LogP contribution in [0.4, 0.5) is 5.69 Å². The Balaban J connectivity index is 1.26. The van der Waals surface area contributed by atoms with Crippen LogP contribution in [0.1, 0.15) is 81.5 Å². The third-order valence-electron chi connectivity index (χ3n) is 9.43. The van der Waals surface area contributed by atoms with Crippen LogP contribution in [0.3, 0.4) is 0 Å². The van der Waals surface area contributed by atoms with Crippen LogP contribution < -0.4 is 20.7 Å². The average Bonchev–Trinajstić information content (AvgIpc) is 3.68. The van der Waals surface area contributed by atoms with Gasteiger partial charge < -0.3 is 25.4 Å². The normalized spacial score (nSPS) is 12.7. The van der Waals surface area contributed by atoms with E-state index in [4.69, 9.17) is 21.1 Å². The van der Waals surface area contributed by atoms with Crippen molar-refractivity contribution in [1.82, 2.24) is 30.4 Å². The summed E-state index contributed by atoms with van der Waals surface area (Å²) in [6.45, 7) is 15.6. The summed E-state index contributed by atoms with van der Waals surface area (Å²) < 4.78 is 13.6. The molecule has 4 N–H and O–H groups in total. The fourth-order valence-corrected chi connectivity index (χ4v) is 6.11. The number of fused-ring (bicyclic) bond motifs is 1. The van der Waals surface area contributed by atoms with Gasteiger partial charge in [0.15, 0.2) is 18.1 Å². The van der Waals surface area contributed by atoms with Crippen LogP contribution in [0.15, 0.2) is 78.9 Å². The lowest BCUT2D eigenvalue weighted by Crippen LogP contribution is -2.57. The minimum absolute atomic E-state index is 0.0842. The Hall–Kier alpha value is -5.20. The van der Waals surface area contributed by atoms with Gasteiger partial charge in [-0.25, -0.2) is 4.52 Å². The van der Waals surface area contributed by atoms with Crippen molar-refractivity contribution in [3.63, 3.8) is 0 Å². The largest absolute Gasteiger partial charge is 0.482 e. The standard InChI is InChI=1S/C40H48ClN7O5/c1-25-15-14-18-27(21-25)35(50)43-29(23-52-22-26-16-10-9-11-17-26)36(51)42-28-19-12-13-20-30(28)53-24-31(49)44-40(7,8)39(5,6)37-46-45-34-32(41)33(38(2,3)4)47-48(34)37/h9-21,29,47H,22-24H2,1-8H3,(H,42,51)(H,43,50)(H,44,49). The second-order valence-electron chi connectivity index (χ2n) is 15.2. The summed E-state index contributed by atoms with van der Waals surface area (Å²) in [5.41, 5.74) is 2.14. The summed E-state index contributed by atoms with van der Waals surface area (Å²) in [6.07, 6.45) is 0. The third-order valence-corrected chi connectivity index (χ3v) is 9.79. The zero-order valence-electron chi connectivity index (χ0n) is 31.5. The van der Waals surface area contributed by atoms with E-state index in [9.17, 15) is 14.4 Å². The maximum Gasteiger partial charge on any atom is 0.258 e. The first kappa shape index (κ1) is 39.0. The Morgan fingerprint density at radius 1 is 0.906 bits per heavy atom. The molecular weight excluding hydrogens is 694 g/mol.